The molecular weight excluding hydrogens is 210 g/mol. The zero-order valence-corrected chi connectivity index (χ0v) is 10.4. The van der Waals surface area contributed by atoms with Crippen LogP contribution >= 0.6 is 11.8 Å². The van der Waals surface area contributed by atoms with Crippen molar-refractivity contribution in [1.82, 2.24) is 0 Å². The number of thioether (sulfide) groups is 1. The molecule has 0 aliphatic heterocycles. The van der Waals surface area contributed by atoms with Crippen LogP contribution in [-0.4, -0.2) is 29.6 Å². The van der Waals surface area contributed by atoms with Crippen LogP contribution in [-0.2, 0) is 9.53 Å². The number of nitrogens with two attached hydrogens (primary N) is 1. The summed E-state index contributed by atoms with van der Waals surface area (Å²) in [5.74, 6) is 0.930. The highest BCUT2D eigenvalue weighted by Gasteiger charge is 2.42. The van der Waals surface area contributed by atoms with E-state index in [0.29, 0.717) is 5.25 Å². The van der Waals surface area contributed by atoms with Gasteiger partial charge in [0.05, 0.1) is 7.11 Å². The highest BCUT2D eigenvalue weighted by Crippen LogP contribution is 2.36. The summed E-state index contributed by atoms with van der Waals surface area (Å²) in [7, 11) is 1.41. The molecule has 1 saturated carbocycles. The minimum absolute atomic E-state index is 0.249. The molecule has 15 heavy (non-hydrogen) atoms. The fourth-order valence-electron chi connectivity index (χ4n) is 1.95. The van der Waals surface area contributed by atoms with E-state index in [9.17, 15) is 4.79 Å². The molecular formula is C11H21NO2S. The van der Waals surface area contributed by atoms with Crippen molar-refractivity contribution in [1.29, 1.82) is 0 Å². The molecule has 0 aromatic rings. The molecule has 0 heterocycles. The van der Waals surface area contributed by atoms with Crippen molar-refractivity contribution < 1.29 is 9.53 Å². The Hall–Kier alpha value is -0.220. The molecule has 0 radical (unpaired) electrons. The first-order valence-corrected chi connectivity index (χ1v) is 6.66. The Morgan fingerprint density at radius 1 is 1.67 bits per heavy atom. The molecule has 1 aliphatic carbocycles. The van der Waals surface area contributed by atoms with Gasteiger partial charge < -0.3 is 10.5 Å². The number of unbranched alkanes of at least 4 members (excludes halogenated alkanes) is 1. The first-order chi connectivity index (χ1) is 7.12. The van der Waals surface area contributed by atoms with E-state index >= 15 is 0 Å². The highest BCUT2D eigenvalue weighted by molar-refractivity contribution is 7.99. The lowest BCUT2D eigenvalue weighted by atomic mass is 10.00. The molecule has 4 heteroatoms. The molecule has 0 aromatic heterocycles. The minimum Gasteiger partial charge on any atom is -0.468 e. The third-order valence-electron chi connectivity index (χ3n) is 2.95. The summed E-state index contributed by atoms with van der Waals surface area (Å²) in [6, 6.07) is 0. The van der Waals surface area contributed by atoms with Gasteiger partial charge in [-0.2, -0.15) is 11.8 Å². The molecule has 0 bridgehead atoms. The van der Waals surface area contributed by atoms with E-state index in [1.165, 1.54) is 25.7 Å². The molecule has 2 atom stereocenters. The van der Waals surface area contributed by atoms with E-state index in [2.05, 4.69) is 6.92 Å². The Bertz CT molecular complexity index is 223. The van der Waals surface area contributed by atoms with Gasteiger partial charge in [-0.25, -0.2) is 0 Å². The third kappa shape index (κ3) is 3.38. The van der Waals surface area contributed by atoms with Gasteiger partial charge in [0.15, 0.2) is 0 Å². The summed E-state index contributed by atoms with van der Waals surface area (Å²) in [6.45, 7) is 2.19. The lowest BCUT2D eigenvalue weighted by Crippen LogP contribution is -2.46. The van der Waals surface area contributed by atoms with Crippen molar-refractivity contribution in [2.24, 2.45) is 5.73 Å². The van der Waals surface area contributed by atoms with Crippen LogP contribution < -0.4 is 5.73 Å². The third-order valence-corrected chi connectivity index (χ3v) is 4.35. The van der Waals surface area contributed by atoms with E-state index in [1.54, 1.807) is 0 Å². The first-order valence-electron chi connectivity index (χ1n) is 5.61. The standard InChI is InChI=1S/C11H21NO2S/c1-3-4-7-15-9-5-6-11(12,8-9)10(13)14-2/h9H,3-8,12H2,1-2H3. The minimum atomic E-state index is -0.710. The number of esters is 1. The highest BCUT2D eigenvalue weighted by atomic mass is 32.2. The maximum Gasteiger partial charge on any atom is 0.325 e. The van der Waals surface area contributed by atoms with Gasteiger partial charge in [-0.1, -0.05) is 13.3 Å². The number of methoxy groups -OCH3 is 1. The molecule has 0 amide bonds. The normalized spacial score (nSPS) is 30.5. The largest absolute Gasteiger partial charge is 0.468 e. The SMILES string of the molecule is CCCCSC1CCC(N)(C(=O)OC)C1. The van der Waals surface area contributed by atoms with Crippen molar-refractivity contribution in [3.8, 4) is 0 Å². The van der Waals surface area contributed by atoms with Gasteiger partial charge in [-0.15, -0.1) is 0 Å². The quantitative estimate of drug-likeness (QED) is 0.580. The second-order valence-electron chi connectivity index (χ2n) is 4.24. The van der Waals surface area contributed by atoms with Crippen LogP contribution in [0.4, 0.5) is 0 Å². The monoisotopic (exact) mass is 231 g/mol. The molecule has 1 aliphatic rings. The van der Waals surface area contributed by atoms with Gasteiger partial charge in [-0.05, 0) is 31.4 Å². The van der Waals surface area contributed by atoms with Crippen LogP contribution in [0.1, 0.15) is 39.0 Å². The number of carbonyl (C=O) groups is 1. The van der Waals surface area contributed by atoms with Crippen LogP contribution in [0, 0.1) is 0 Å². The first kappa shape index (κ1) is 12.8. The topological polar surface area (TPSA) is 52.3 Å². The average Bonchev–Trinajstić information content (AvgIpc) is 2.61. The molecule has 1 fully saturated rings. The maximum atomic E-state index is 11.5. The zero-order valence-electron chi connectivity index (χ0n) is 9.62. The number of hydrogen-bond donors (Lipinski definition) is 1. The lowest BCUT2D eigenvalue weighted by Gasteiger charge is -2.20. The van der Waals surface area contributed by atoms with E-state index in [-0.39, 0.29) is 5.97 Å². The Balaban J connectivity index is 2.34. The summed E-state index contributed by atoms with van der Waals surface area (Å²) < 4.78 is 4.74. The fraction of sp³-hybridized carbons (Fsp3) is 0.909. The van der Waals surface area contributed by atoms with Gasteiger partial charge in [0.2, 0.25) is 0 Å². The Labute approximate surface area is 96.1 Å². The summed E-state index contributed by atoms with van der Waals surface area (Å²) in [5.41, 5.74) is 5.31. The Kier molecular flexibility index (Phi) is 4.93. The predicted molar refractivity (Wildman–Crippen MR) is 63.9 cm³/mol. The zero-order chi connectivity index (χ0) is 11.3. The van der Waals surface area contributed by atoms with Crippen molar-refractivity contribution in [2.75, 3.05) is 12.9 Å². The summed E-state index contributed by atoms with van der Waals surface area (Å²) >= 11 is 1.95. The number of ether oxygens (including phenoxy) is 1. The second-order valence-corrected chi connectivity index (χ2v) is 5.65. The molecule has 88 valence electrons. The van der Waals surface area contributed by atoms with E-state index < -0.39 is 5.54 Å². The van der Waals surface area contributed by atoms with Gasteiger partial charge in [0.25, 0.3) is 0 Å². The Morgan fingerprint density at radius 3 is 3.00 bits per heavy atom. The van der Waals surface area contributed by atoms with Crippen LogP contribution in [0.2, 0.25) is 0 Å². The van der Waals surface area contributed by atoms with Crippen LogP contribution in [0.15, 0.2) is 0 Å². The second kappa shape index (κ2) is 5.75. The summed E-state index contributed by atoms with van der Waals surface area (Å²) in [4.78, 5) is 11.5. The van der Waals surface area contributed by atoms with Gasteiger partial charge in [-0.3, -0.25) is 4.79 Å². The van der Waals surface area contributed by atoms with Gasteiger partial charge >= 0.3 is 5.97 Å². The molecule has 1 rings (SSSR count). The number of rotatable bonds is 5. The van der Waals surface area contributed by atoms with Crippen LogP contribution in [0.5, 0.6) is 0 Å². The van der Waals surface area contributed by atoms with E-state index in [1.807, 2.05) is 11.8 Å². The van der Waals surface area contributed by atoms with Crippen molar-refractivity contribution >= 4 is 17.7 Å². The number of hydrogen-bond acceptors (Lipinski definition) is 4. The maximum absolute atomic E-state index is 11.5. The van der Waals surface area contributed by atoms with Crippen molar-refractivity contribution in [2.45, 2.75) is 49.8 Å². The summed E-state index contributed by atoms with van der Waals surface area (Å²) in [6.07, 6.45) is 5.05. The van der Waals surface area contributed by atoms with Crippen molar-refractivity contribution in [3.05, 3.63) is 0 Å². The molecule has 2 N–H and O–H groups in total. The van der Waals surface area contributed by atoms with Crippen LogP contribution in [0.25, 0.3) is 0 Å². The summed E-state index contributed by atoms with van der Waals surface area (Å²) in [5, 5.41) is 0.542. The van der Waals surface area contributed by atoms with Crippen molar-refractivity contribution in [3.63, 3.8) is 0 Å². The molecule has 2 unspecified atom stereocenters. The smallest absolute Gasteiger partial charge is 0.325 e. The molecule has 0 saturated heterocycles. The number of carbonyl (C=O) groups excluding carboxylic acids is 1. The molecule has 0 aromatic carbocycles. The Morgan fingerprint density at radius 2 is 2.40 bits per heavy atom. The molecule has 3 nitrogen and oxygen atoms in total. The predicted octanol–water partition coefficient (Wildman–Crippen LogP) is 1.94. The average molecular weight is 231 g/mol. The molecule has 0 spiro atoms. The van der Waals surface area contributed by atoms with Crippen LogP contribution in [0.3, 0.4) is 0 Å². The van der Waals surface area contributed by atoms with Gasteiger partial charge in [0, 0.05) is 5.25 Å². The van der Waals surface area contributed by atoms with Gasteiger partial charge in [0.1, 0.15) is 5.54 Å². The van der Waals surface area contributed by atoms with E-state index in [0.717, 1.165) is 19.3 Å². The fourth-order valence-corrected chi connectivity index (χ4v) is 3.44. The van der Waals surface area contributed by atoms with E-state index in [4.69, 9.17) is 10.5 Å². The lowest BCUT2D eigenvalue weighted by molar-refractivity contribution is -0.146.